The maximum absolute atomic E-state index is 12.5. The van der Waals surface area contributed by atoms with Crippen molar-refractivity contribution in [2.24, 2.45) is 0 Å². The molecule has 1 fully saturated rings. The van der Waals surface area contributed by atoms with Crippen LogP contribution in [0.4, 0.5) is 0 Å². The number of nitrogens with zero attached hydrogens (tertiary/aromatic N) is 1. The molecule has 1 saturated heterocycles. The van der Waals surface area contributed by atoms with Crippen LogP contribution >= 0.6 is 0 Å². The molecule has 1 aliphatic rings. The average molecular weight is 355 g/mol. The molecule has 0 unspecified atom stereocenters. The van der Waals surface area contributed by atoms with E-state index in [-0.39, 0.29) is 11.4 Å². The number of rotatable bonds is 6. The van der Waals surface area contributed by atoms with Gasteiger partial charge in [0, 0.05) is 25.2 Å². The van der Waals surface area contributed by atoms with Crippen molar-refractivity contribution in [1.82, 2.24) is 9.62 Å². The number of hydrogen-bond donors (Lipinski definition) is 2. The highest BCUT2D eigenvalue weighted by molar-refractivity contribution is 7.89. The van der Waals surface area contributed by atoms with E-state index in [1.54, 1.807) is 19.1 Å². The van der Waals surface area contributed by atoms with Crippen molar-refractivity contribution in [3.63, 3.8) is 0 Å². The first-order valence-corrected chi connectivity index (χ1v) is 10.2. The number of benzene rings is 1. The molecule has 0 aromatic heterocycles. The monoisotopic (exact) mass is 354 g/mol. The number of aliphatic hydroxyl groups excluding tert-OH is 1. The first-order valence-electron chi connectivity index (χ1n) is 8.72. The lowest BCUT2D eigenvalue weighted by Crippen LogP contribution is -2.49. The van der Waals surface area contributed by atoms with Gasteiger partial charge in [0.15, 0.2) is 0 Å². The molecule has 2 N–H and O–H groups in total. The summed E-state index contributed by atoms with van der Waals surface area (Å²) in [5, 5.41) is 10.3. The molecule has 1 heterocycles. The second kappa shape index (κ2) is 7.95. The van der Waals surface area contributed by atoms with E-state index in [9.17, 15) is 13.5 Å². The van der Waals surface area contributed by atoms with Gasteiger partial charge in [-0.2, -0.15) is 0 Å². The molecule has 1 aromatic rings. The number of β-amino-alcohol motifs (C(OH)–C–C–N with tert-alkyl or cyclic N) is 1. The lowest BCUT2D eigenvalue weighted by molar-refractivity contribution is 0.0438. The van der Waals surface area contributed by atoms with Crippen LogP contribution in [0.5, 0.6) is 0 Å². The second-order valence-electron chi connectivity index (χ2n) is 7.03. The Morgan fingerprint density at radius 1 is 1.25 bits per heavy atom. The first kappa shape index (κ1) is 19.4. The van der Waals surface area contributed by atoms with Gasteiger partial charge >= 0.3 is 0 Å². The Morgan fingerprint density at radius 3 is 2.50 bits per heavy atom. The van der Waals surface area contributed by atoms with Gasteiger partial charge in [-0.3, -0.25) is 4.90 Å². The molecule has 3 atom stereocenters. The van der Waals surface area contributed by atoms with E-state index >= 15 is 0 Å². The van der Waals surface area contributed by atoms with Gasteiger partial charge in [0.05, 0.1) is 11.0 Å². The number of nitrogens with one attached hydrogen (secondary N) is 1. The molecule has 2 rings (SSSR count). The van der Waals surface area contributed by atoms with Gasteiger partial charge < -0.3 is 5.11 Å². The van der Waals surface area contributed by atoms with E-state index in [4.69, 9.17) is 0 Å². The normalized spacial score (nSPS) is 24.0. The minimum Gasteiger partial charge on any atom is -0.390 e. The van der Waals surface area contributed by atoms with E-state index < -0.39 is 16.1 Å². The molecule has 136 valence electrons. The lowest BCUT2D eigenvalue weighted by Gasteiger charge is -2.40. The molecule has 24 heavy (non-hydrogen) atoms. The number of hydrogen-bond acceptors (Lipinski definition) is 4. The Kier molecular flexibility index (Phi) is 6.42. The van der Waals surface area contributed by atoms with Crippen molar-refractivity contribution in [3.8, 4) is 0 Å². The van der Waals surface area contributed by atoms with Gasteiger partial charge in [0.1, 0.15) is 0 Å². The fourth-order valence-corrected chi connectivity index (χ4v) is 4.83. The number of piperidine rings is 1. The van der Waals surface area contributed by atoms with Crippen molar-refractivity contribution in [2.45, 2.75) is 70.0 Å². The van der Waals surface area contributed by atoms with Crippen LogP contribution in [0.2, 0.25) is 0 Å². The van der Waals surface area contributed by atoms with E-state index in [2.05, 4.69) is 23.5 Å². The zero-order valence-electron chi connectivity index (χ0n) is 15.1. The molecule has 0 saturated carbocycles. The molecule has 0 amide bonds. The van der Waals surface area contributed by atoms with E-state index in [1.165, 1.54) is 6.42 Å². The standard InChI is InChI=1S/C18H30N2O3S/c1-13-7-5-10-18(16(13)4)24(22,23)19-11-17(21)12-20-14(2)8-6-9-15(20)3/h5,7,10,14-15,17,19,21H,6,8-9,11-12H2,1-4H3/t14-,15+,17-/m1/s1. The summed E-state index contributed by atoms with van der Waals surface area (Å²) in [6, 6.07) is 6.09. The number of aliphatic hydroxyl groups is 1. The molecule has 1 aromatic carbocycles. The van der Waals surface area contributed by atoms with Crippen molar-refractivity contribution >= 4 is 10.0 Å². The fourth-order valence-electron chi connectivity index (χ4n) is 3.44. The summed E-state index contributed by atoms with van der Waals surface area (Å²) in [5.74, 6) is 0. The van der Waals surface area contributed by atoms with Crippen molar-refractivity contribution in [2.75, 3.05) is 13.1 Å². The Balaban J connectivity index is 1.97. The molecule has 0 spiro atoms. The summed E-state index contributed by atoms with van der Waals surface area (Å²) in [6.07, 6.45) is 2.76. The molecule has 5 nitrogen and oxygen atoms in total. The van der Waals surface area contributed by atoms with Crippen molar-refractivity contribution in [3.05, 3.63) is 29.3 Å². The maximum Gasteiger partial charge on any atom is 0.240 e. The molecular formula is C18H30N2O3S. The van der Waals surface area contributed by atoms with Crippen LogP contribution in [0.25, 0.3) is 0 Å². The van der Waals surface area contributed by atoms with Crippen LogP contribution in [0.1, 0.15) is 44.2 Å². The predicted octanol–water partition coefficient (Wildman–Crippen LogP) is 2.21. The van der Waals surface area contributed by atoms with Gasteiger partial charge in [-0.25, -0.2) is 13.1 Å². The predicted molar refractivity (Wildman–Crippen MR) is 96.6 cm³/mol. The molecule has 0 aliphatic carbocycles. The van der Waals surface area contributed by atoms with Crippen LogP contribution in [-0.2, 0) is 10.0 Å². The van der Waals surface area contributed by atoms with Crippen molar-refractivity contribution in [1.29, 1.82) is 0 Å². The minimum absolute atomic E-state index is 0.0334. The highest BCUT2D eigenvalue weighted by Crippen LogP contribution is 2.22. The largest absolute Gasteiger partial charge is 0.390 e. The van der Waals surface area contributed by atoms with E-state index in [0.29, 0.717) is 18.6 Å². The highest BCUT2D eigenvalue weighted by atomic mass is 32.2. The number of sulfonamides is 1. The van der Waals surface area contributed by atoms with E-state index in [1.807, 2.05) is 13.0 Å². The van der Waals surface area contributed by atoms with Crippen LogP contribution in [-0.4, -0.2) is 49.7 Å². The summed E-state index contributed by atoms with van der Waals surface area (Å²) < 4.78 is 27.5. The molecule has 0 radical (unpaired) electrons. The van der Waals surface area contributed by atoms with Crippen LogP contribution in [0.3, 0.4) is 0 Å². The fraction of sp³-hybridized carbons (Fsp3) is 0.667. The zero-order valence-corrected chi connectivity index (χ0v) is 15.9. The Labute approximate surface area is 146 Å². The SMILES string of the molecule is Cc1cccc(S(=O)(=O)NC[C@@H](O)CN2[C@H](C)CCC[C@@H]2C)c1C. The minimum atomic E-state index is -3.60. The summed E-state index contributed by atoms with van der Waals surface area (Å²) in [7, 11) is -3.60. The third kappa shape index (κ3) is 4.57. The van der Waals surface area contributed by atoms with E-state index in [0.717, 1.165) is 24.0 Å². The first-order chi connectivity index (χ1) is 11.2. The van der Waals surface area contributed by atoms with Crippen molar-refractivity contribution < 1.29 is 13.5 Å². The molecule has 0 bridgehead atoms. The van der Waals surface area contributed by atoms with Crippen LogP contribution in [0, 0.1) is 13.8 Å². The summed E-state index contributed by atoms with van der Waals surface area (Å²) in [6.45, 7) is 8.56. The lowest BCUT2D eigenvalue weighted by atomic mass is 9.97. The van der Waals surface area contributed by atoms with Gasteiger partial charge in [-0.05, 0) is 57.7 Å². The number of likely N-dealkylation sites (tertiary alicyclic amines) is 1. The summed E-state index contributed by atoms with van der Waals surface area (Å²) >= 11 is 0. The average Bonchev–Trinajstić information content (AvgIpc) is 2.52. The smallest absolute Gasteiger partial charge is 0.240 e. The van der Waals surface area contributed by atoms with Crippen LogP contribution < -0.4 is 4.72 Å². The molecule has 6 heteroatoms. The Hall–Kier alpha value is -0.950. The van der Waals surface area contributed by atoms with Gasteiger partial charge in [-0.1, -0.05) is 18.6 Å². The summed E-state index contributed by atoms with van der Waals surface area (Å²) in [4.78, 5) is 2.56. The molecular weight excluding hydrogens is 324 g/mol. The highest BCUT2D eigenvalue weighted by Gasteiger charge is 2.27. The Bertz CT molecular complexity index is 650. The second-order valence-corrected chi connectivity index (χ2v) is 8.76. The summed E-state index contributed by atoms with van der Waals surface area (Å²) in [5.41, 5.74) is 1.69. The topological polar surface area (TPSA) is 69.6 Å². The quantitative estimate of drug-likeness (QED) is 0.822. The maximum atomic E-state index is 12.5. The van der Waals surface area contributed by atoms with Crippen LogP contribution in [0.15, 0.2) is 23.1 Å². The molecule has 1 aliphatic heterocycles. The van der Waals surface area contributed by atoms with Gasteiger partial charge in [0.25, 0.3) is 0 Å². The van der Waals surface area contributed by atoms with Gasteiger partial charge in [0.2, 0.25) is 10.0 Å². The zero-order chi connectivity index (χ0) is 17.9. The third-order valence-electron chi connectivity index (χ3n) is 5.15. The van der Waals surface area contributed by atoms with Gasteiger partial charge in [-0.15, -0.1) is 0 Å². The Morgan fingerprint density at radius 2 is 1.88 bits per heavy atom. The third-order valence-corrected chi connectivity index (χ3v) is 6.72. The number of aryl methyl sites for hydroxylation is 1.